The van der Waals surface area contributed by atoms with Gasteiger partial charge in [-0.15, -0.1) is 0 Å². The van der Waals surface area contributed by atoms with Crippen LogP contribution in [0.3, 0.4) is 0 Å². The molecule has 0 radical (unpaired) electrons. The predicted molar refractivity (Wildman–Crippen MR) is 65.9 cm³/mol. The van der Waals surface area contributed by atoms with Crippen molar-refractivity contribution in [2.45, 2.75) is 13.8 Å². The van der Waals surface area contributed by atoms with Crippen LogP contribution in [0.25, 0.3) is 0 Å². The van der Waals surface area contributed by atoms with Gasteiger partial charge in [0.25, 0.3) is 5.69 Å². The SMILES string of the molecule is CC(C)CN(C)c1ccc(C#N)cc1[N+](=O)[O-]. The van der Waals surface area contributed by atoms with Crippen molar-refractivity contribution in [2.24, 2.45) is 5.92 Å². The zero-order valence-electron chi connectivity index (χ0n) is 10.2. The van der Waals surface area contributed by atoms with Crippen molar-refractivity contribution in [1.29, 1.82) is 5.26 Å². The molecule has 90 valence electrons. The Bertz CT molecular complexity index is 463. The third-order valence-electron chi connectivity index (χ3n) is 2.35. The summed E-state index contributed by atoms with van der Waals surface area (Å²) in [6, 6.07) is 6.44. The number of nitrogens with zero attached hydrogens (tertiary/aromatic N) is 3. The number of benzene rings is 1. The molecule has 0 aliphatic heterocycles. The van der Waals surface area contributed by atoms with Crippen molar-refractivity contribution in [3.8, 4) is 6.07 Å². The topological polar surface area (TPSA) is 70.2 Å². The minimum absolute atomic E-state index is 0.0211. The first kappa shape index (κ1) is 13.0. The Morgan fingerprint density at radius 3 is 2.65 bits per heavy atom. The first-order valence-electron chi connectivity index (χ1n) is 5.35. The van der Waals surface area contributed by atoms with Gasteiger partial charge < -0.3 is 4.90 Å². The third kappa shape index (κ3) is 3.18. The van der Waals surface area contributed by atoms with Crippen molar-refractivity contribution in [3.63, 3.8) is 0 Å². The summed E-state index contributed by atoms with van der Waals surface area (Å²) in [4.78, 5) is 12.3. The van der Waals surface area contributed by atoms with Gasteiger partial charge in [-0.2, -0.15) is 5.26 Å². The van der Waals surface area contributed by atoms with Crippen molar-refractivity contribution in [1.82, 2.24) is 0 Å². The lowest BCUT2D eigenvalue weighted by Gasteiger charge is -2.21. The van der Waals surface area contributed by atoms with E-state index in [2.05, 4.69) is 0 Å². The Morgan fingerprint density at radius 1 is 1.53 bits per heavy atom. The highest BCUT2D eigenvalue weighted by molar-refractivity contribution is 5.65. The van der Waals surface area contributed by atoms with E-state index in [1.807, 2.05) is 31.9 Å². The highest BCUT2D eigenvalue weighted by atomic mass is 16.6. The summed E-state index contributed by atoms with van der Waals surface area (Å²) in [5.74, 6) is 0.412. The zero-order chi connectivity index (χ0) is 13.0. The van der Waals surface area contributed by atoms with E-state index in [1.165, 1.54) is 6.07 Å². The second-order valence-corrected chi connectivity index (χ2v) is 4.35. The quantitative estimate of drug-likeness (QED) is 0.592. The van der Waals surface area contributed by atoms with E-state index in [0.717, 1.165) is 6.54 Å². The van der Waals surface area contributed by atoms with E-state index in [9.17, 15) is 10.1 Å². The van der Waals surface area contributed by atoms with Crippen LogP contribution in [0.2, 0.25) is 0 Å². The molecular weight excluding hydrogens is 218 g/mol. The Balaban J connectivity index is 3.15. The number of anilines is 1. The second kappa shape index (κ2) is 5.30. The molecule has 0 spiro atoms. The summed E-state index contributed by atoms with van der Waals surface area (Å²) in [5.41, 5.74) is 0.827. The monoisotopic (exact) mass is 233 g/mol. The van der Waals surface area contributed by atoms with Gasteiger partial charge in [-0.05, 0) is 18.1 Å². The van der Waals surface area contributed by atoms with Crippen molar-refractivity contribution >= 4 is 11.4 Å². The molecule has 0 bridgehead atoms. The first-order chi connectivity index (χ1) is 7.95. The minimum Gasteiger partial charge on any atom is -0.369 e. The first-order valence-corrected chi connectivity index (χ1v) is 5.35. The van der Waals surface area contributed by atoms with Gasteiger partial charge in [0, 0.05) is 19.7 Å². The highest BCUT2D eigenvalue weighted by Gasteiger charge is 2.18. The number of nitro benzene ring substituents is 1. The van der Waals surface area contributed by atoms with Crippen molar-refractivity contribution in [3.05, 3.63) is 33.9 Å². The maximum absolute atomic E-state index is 10.9. The second-order valence-electron chi connectivity index (χ2n) is 4.35. The number of nitriles is 1. The molecule has 0 saturated heterocycles. The molecule has 0 N–H and O–H groups in total. The Labute approximate surface area is 100 Å². The average Bonchev–Trinajstić information content (AvgIpc) is 2.27. The fourth-order valence-electron chi connectivity index (χ4n) is 1.71. The Morgan fingerprint density at radius 2 is 2.18 bits per heavy atom. The van der Waals surface area contributed by atoms with Gasteiger partial charge in [-0.25, -0.2) is 0 Å². The minimum atomic E-state index is -0.451. The van der Waals surface area contributed by atoms with Crippen LogP contribution in [-0.2, 0) is 0 Å². The van der Waals surface area contributed by atoms with Crippen LogP contribution in [0.4, 0.5) is 11.4 Å². The van der Waals surface area contributed by atoms with Gasteiger partial charge in [0.05, 0.1) is 16.6 Å². The molecule has 0 amide bonds. The summed E-state index contributed by atoms with van der Waals surface area (Å²) in [6.45, 7) is 4.82. The summed E-state index contributed by atoms with van der Waals surface area (Å²) in [5, 5.41) is 19.7. The molecule has 0 heterocycles. The van der Waals surface area contributed by atoms with Crippen LogP contribution in [-0.4, -0.2) is 18.5 Å². The van der Waals surface area contributed by atoms with Crippen LogP contribution in [0, 0.1) is 27.4 Å². The fourth-order valence-corrected chi connectivity index (χ4v) is 1.71. The molecule has 0 aromatic heterocycles. The number of hydrogen-bond donors (Lipinski definition) is 0. The average molecular weight is 233 g/mol. The third-order valence-corrected chi connectivity index (χ3v) is 2.35. The van der Waals surface area contributed by atoms with E-state index in [4.69, 9.17) is 5.26 Å². The molecule has 5 nitrogen and oxygen atoms in total. The zero-order valence-corrected chi connectivity index (χ0v) is 10.2. The van der Waals surface area contributed by atoms with E-state index < -0.39 is 4.92 Å². The molecule has 1 aromatic rings. The highest BCUT2D eigenvalue weighted by Crippen LogP contribution is 2.28. The molecule has 0 aliphatic rings. The molecule has 17 heavy (non-hydrogen) atoms. The normalized spacial score (nSPS) is 10.1. The number of rotatable bonds is 4. The van der Waals surface area contributed by atoms with Crippen LogP contribution >= 0.6 is 0 Å². The predicted octanol–water partition coefficient (Wildman–Crippen LogP) is 2.56. The lowest BCUT2D eigenvalue weighted by molar-refractivity contribution is -0.384. The molecule has 0 unspecified atom stereocenters. The van der Waals surface area contributed by atoms with E-state index in [1.54, 1.807) is 12.1 Å². The summed E-state index contributed by atoms with van der Waals surface area (Å²) in [7, 11) is 1.81. The van der Waals surface area contributed by atoms with Crippen molar-refractivity contribution in [2.75, 3.05) is 18.5 Å². The maximum atomic E-state index is 10.9. The lowest BCUT2D eigenvalue weighted by atomic mass is 10.1. The van der Waals surface area contributed by atoms with Gasteiger partial charge in [-0.1, -0.05) is 13.8 Å². The van der Waals surface area contributed by atoms with E-state index in [0.29, 0.717) is 17.2 Å². The van der Waals surface area contributed by atoms with Crippen LogP contribution in [0.5, 0.6) is 0 Å². The molecule has 0 saturated carbocycles. The number of nitro groups is 1. The Hall–Kier alpha value is -2.09. The van der Waals surface area contributed by atoms with Crippen molar-refractivity contribution < 1.29 is 4.92 Å². The maximum Gasteiger partial charge on any atom is 0.293 e. The van der Waals surface area contributed by atoms with E-state index in [-0.39, 0.29) is 5.69 Å². The van der Waals surface area contributed by atoms with Gasteiger partial charge in [-0.3, -0.25) is 10.1 Å². The van der Waals surface area contributed by atoms with Crippen LogP contribution < -0.4 is 4.90 Å². The molecule has 1 rings (SSSR count). The summed E-state index contributed by atoms with van der Waals surface area (Å²) < 4.78 is 0. The molecule has 5 heteroatoms. The van der Waals surface area contributed by atoms with Gasteiger partial charge in [0.15, 0.2) is 0 Å². The fraction of sp³-hybridized carbons (Fsp3) is 0.417. The molecule has 1 aromatic carbocycles. The van der Waals surface area contributed by atoms with E-state index >= 15 is 0 Å². The van der Waals surface area contributed by atoms with Gasteiger partial charge in [0.2, 0.25) is 0 Å². The molecule has 0 fully saturated rings. The van der Waals surface area contributed by atoms with Crippen LogP contribution in [0.15, 0.2) is 18.2 Å². The Kier molecular flexibility index (Phi) is 4.05. The molecule has 0 atom stereocenters. The van der Waals surface area contributed by atoms with Crippen LogP contribution in [0.1, 0.15) is 19.4 Å². The largest absolute Gasteiger partial charge is 0.369 e. The molecular formula is C12H15N3O2. The summed E-state index contributed by atoms with van der Waals surface area (Å²) >= 11 is 0. The van der Waals surface area contributed by atoms with Gasteiger partial charge >= 0.3 is 0 Å². The standard InChI is InChI=1S/C12H15N3O2/c1-9(2)8-14(3)11-5-4-10(7-13)6-12(11)15(16)17/h4-6,9H,8H2,1-3H3. The summed E-state index contributed by atoms with van der Waals surface area (Å²) in [6.07, 6.45) is 0. The lowest BCUT2D eigenvalue weighted by Crippen LogP contribution is -2.23. The van der Waals surface area contributed by atoms with Gasteiger partial charge in [0.1, 0.15) is 5.69 Å². The smallest absolute Gasteiger partial charge is 0.293 e. The number of hydrogen-bond acceptors (Lipinski definition) is 4. The molecule has 0 aliphatic carbocycles.